The highest BCUT2D eigenvalue weighted by atomic mass is 19.4. The Hall–Kier alpha value is -2.78. The summed E-state index contributed by atoms with van der Waals surface area (Å²) in [4.78, 5) is 8.55. The van der Waals surface area contributed by atoms with Crippen LogP contribution in [0.4, 0.5) is 13.2 Å². The van der Waals surface area contributed by atoms with Gasteiger partial charge >= 0.3 is 6.18 Å². The van der Waals surface area contributed by atoms with Crippen LogP contribution in [-0.4, -0.2) is 47.5 Å². The molecule has 0 atom stereocenters. The first-order chi connectivity index (χ1) is 12.4. The van der Waals surface area contributed by atoms with Gasteiger partial charge in [0.15, 0.2) is 11.8 Å². The van der Waals surface area contributed by atoms with Gasteiger partial charge in [0.2, 0.25) is 0 Å². The molecule has 1 aromatic heterocycles. The Bertz CT molecular complexity index is 712. The van der Waals surface area contributed by atoms with E-state index in [9.17, 15) is 13.2 Å². The predicted molar refractivity (Wildman–Crippen MR) is 91.9 cm³/mol. The van der Waals surface area contributed by atoms with E-state index in [-0.39, 0.29) is 13.1 Å². The van der Waals surface area contributed by atoms with Gasteiger partial charge in [0.1, 0.15) is 18.1 Å². The SMILES string of the molecule is CCNC(=NCc1nc(-c2ccc(OC)cc2)n[nH]1)NCCC(F)(F)F. The van der Waals surface area contributed by atoms with Gasteiger partial charge in [-0.3, -0.25) is 5.10 Å². The van der Waals surface area contributed by atoms with E-state index in [1.807, 2.05) is 19.1 Å². The van der Waals surface area contributed by atoms with Gasteiger partial charge in [0, 0.05) is 18.7 Å². The largest absolute Gasteiger partial charge is 0.497 e. The van der Waals surface area contributed by atoms with Gasteiger partial charge < -0.3 is 15.4 Å². The predicted octanol–water partition coefficient (Wildman–Crippen LogP) is 2.49. The number of aliphatic imine (C=N–C) groups is 1. The van der Waals surface area contributed by atoms with Crippen molar-refractivity contribution in [3.8, 4) is 17.1 Å². The van der Waals surface area contributed by atoms with Crippen molar-refractivity contribution >= 4 is 5.96 Å². The summed E-state index contributed by atoms with van der Waals surface area (Å²) in [6.45, 7) is 2.27. The summed E-state index contributed by atoms with van der Waals surface area (Å²) in [5, 5.41) is 12.4. The molecule has 0 amide bonds. The lowest BCUT2D eigenvalue weighted by molar-refractivity contribution is -0.132. The van der Waals surface area contributed by atoms with E-state index in [1.165, 1.54) is 0 Å². The van der Waals surface area contributed by atoms with Crippen molar-refractivity contribution in [2.24, 2.45) is 4.99 Å². The molecule has 0 radical (unpaired) electrons. The molecular formula is C16H21F3N6O. The standard InChI is InChI=1S/C16H21F3N6O/c1-3-20-15(21-9-8-16(17,18)19)22-10-13-23-14(25-24-13)11-4-6-12(26-2)7-5-11/h4-7H,3,8-10H2,1-2H3,(H2,20,21,22)(H,23,24,25). The Morgan fingerprint density at radius 1 is 1.23 bits per heavy atom. The molecule has 0 fully saturated rings. The van der Waals surface area contributed by atoms with Crippen molar-refractivity contribution in [1.29, 1.82) is 0 Å². The maximum atomic E-state index is 12.2. The number of benzene rings is 1. The molecule has 0 bridgehead atoms. The zero-order valence-corrected chi connectivity index (χ0v) is 14.5. The summed E-state index contributed by atoms with van der Waals surface area (Å²) in [5.41, 5.74) is 0.812. The maximum absolute atomic E-state index is 12.2. The van der Waals surface area contributed by atoms with Crippen LogP contribution in [0.5, 0.6) is 5.75 Å². The Balaban J connectivity index is 1.97. The highest BCUT2D eigenvalue weighted by Crippen LogP contribution is 2.19. The maximum Gasteiger partial charge on any atom is 0.390 e. The lowest BCUT2D eigenvalue weighted by Gasteiger charge is -2.12. The summed E-state index contributed by atoms with van der Waals surface area (Å²) in [6.07, 6.45) is -5.14. The number of methoxy groups -OCH3 is 1. The molecule has 1 aromatic carbocycles. The number of aromatic nitrogens is 3. The van der Waals surface area contributed by atoms with Crippen LogP contribution >= 0.6 is 0 Å². The molecular weight excluding hydrogens is 349 g/mol. The molecule has 0 aliphatic heterocycles. The van der Waals surface area contributed by atoms with E-state index < -0.39 is 12.6 Å². The number of halogens is 3. The van der Waals surface area contributed by atoms with Crippen LogP contribution in [-0.2, 0) is 6.54 Å². The number of nitrogens with one attached hydrogen (secondary N) is 3. The number of alkyl halides is 3. The minimum atomic E-state index is -4.21. The quantitative estimate of drug-likeness (QED) is 0.515. The monoisotopic (exact) mass is 370 g/mol. The van der Waals surface area contributed by atoms with Crippen molar-refractivity contribution in [1.82, 2.24) is 25.8 Å². The molecule has 0 aliphatic rings. The van der Waals surface area contributed by atoms with Gasteiger partial charge in [-0.1, -0.05) is 0 Å². The fraction of sp³-hybridized carbons (Fsp3) is 0.438. The van der Waals surface area contributed by atoms with Gasteiger partial charge in [-0.15, -0.1) is 0 Å². The molecule has 142 valence electrons. The normalized spacial score (nSPS) is 12.1. The van der Waals surface area contributed by atoms with E-state index in [1.54, 1.807) is 19.2 Å². The molecule has 0 saturated heterocycles. The molecule has 2 rings (SSSR count). The number of aromatic amines is 1. The van der Waals surface area contributed by atoms with Crippen LogP contribution < -0.4 is 15.4 Å². The van der Waals surface area contributed by atoms with Gasteiger partial charge in [-0.2, -0.15) is 18.3 Å². The molecule has 10 heteroatoms. The first kappa shape index (κ1) is 19.5. The summed E-state index contributed by atoms with van der Waals surface area (Å²) in [7, 11) is 1.59. The average Bonchev–Trinajstić information content (AvgIpc) is 3.07. The smallest absolute Gasteiger partial charge is 0.390 e. The zero-order chi connectivity index (χ0) is 19.0. The summed E-state index contributed by atoms with van der Waals surface area (Å²) < 4.78 is 41.8. The van der Waals surface area contributed by atoms with Gasteiger partial charge in [-0.25, -0.2) is 9.98 Å². The summed E-state index contributed by atoms with van der Waals surface area (Å²) in [6, 6.07) is 7.27. The van der Waals surface area contributed by atoms with Crippen LogP contribution in [0.1, 0.15) is 19.2 Å². The highest BCUT2D eigenvalue weighted by molar-refractivity contribution is 5.79. The molecule has 0 unspecified atom stereocenters. The van der Waals surface area contributed by atoms with E-state index in [4.69, 9.17) is 4.74 Å². The number of H-pyrrole nitrogens is 1. The van der Waals surface area contributed by atoms with Gasteiger partial charge in [0.25, 0.3) is 0 Å². The molecule has 2 aromatic rings. The van der Waals surface area contributed by atoms with Crippen molar-refractivity contribution < 1.29 is 17.9 Å². The number of hydrogen-bond donors (Lipinski definition) is 3. The minimum absolute atomic E-state index is 0.157. The first-order valence-corrected chi connectivity index (χ1v) is 8.06. The van der Waals surface area contributed by atoms with E-state index in [0.717, 1.165) is 11.3 Å². The number of ether oxygens (including phenoxy) is 1. The highest BCUT2D eigenvalue weighted by Gasteiger charge is 2.26. The average molecular weight is 370 g/mol. The van der Waals surface area contributed by atoms with Crippen LogP contribution in [0.3, 0.4) is 0 Å². The van der Waals surface area contributed by atoms with Crippen molar-refractivity contribution in [3.63, 3.8) is 0 Å². The molecule has 0 spiro atoms. The van der Waals surface area contributed by atoms with E-state index in [2.05, 4.69) is 30.8 Å². The van der Waals surface area contributed by atoms with Crippen LogP contribution in [0, 0.1) is 0 Å². The molecule has 26 heavy (non-hydrogen) atoms. The van der Waals surface area contributed by atoms with Crippen LogP contribution in [0.2, 0.25) is 0 Å². The first-order valence-electron chi connectivity index (χ1n) is 8.06. The minimum Gasteiger partial charge on any atom is -0.497 e. The third-order valence-electron chi connectivity index (χ3n) is 3.31. The topological polar surface area (TPSA) is 87.2 Å². The number of guanidine groups is 1. The Morgan fingerprint density at radius 3 is 2.58 bits per heavy atom. The second-order valence-corrected chi connectivity index (χ2v) is 5.32. The van der Waals surface area contributed by atoms with E-state index >= 15 is 0 Å². The van der Waals surface area contributed by atoms with Gasteiger partial charge in [0.05, 0.1) is 13.5 Å². The van der Waals surface area contributed by atoms with Crippen molar-refractivity contribution in [2.45, 2.75) is 26.1 Å². The lowest BCUT2D eigenvalue weighted by atomic mass is 10.2. The Morgan fingerprint density at radius 2 is 1.96 bits per heavy atom. The van der Waals surface area contributed by atoms with Crippen LogP contribution in [0.15, 0.2) is 29.3 Å². The molecule has 1 heterocycles. The molecule has 7 nitrogen and oxygen atoms in total. The van der Waals surface area contributed by atoms with Gasteiger partial charge in [-0.05, 0) is 31.2 Å². The number of hydrogen-bond acceptors (Lipinski definition) is 4. The third-order valence-corrected chi connectivity index (χ3v) is 3.31. The second kappa shape index (κ2) is 9.07. The zero-order valence-electron chi connectivity index (χ0n) is 14.5. The van der Waals surface area contributed by atoms with Crippen LogP contribution in [0.25, 0.3) is 11.4 Å². The number of nitrogens with zero attached hydrogens (tertiary/aromatic N) is 3. The van der Waals surface area contributed by atoms with E-state index in [0.29, 0.717) is 24.2 Å². The lowest BCUT2D eigenvalue weighted by Crippen LogP contribution is -2.38. The fourth-order valence-electron chi connectivity index (χ4n) is 2.05. The van der Waals surface area contributed by atoms with Crippen molar-refractivity contribution in [2.75, 3.05) is 20.2 Å². The second-order valence-electron chi connectivity index (χ2n) is 5.32. The third kappa shape index (κ3) is 6.26. The Labute approximate surface area is 149 Å². The van der Waals surface area contributed by atoms with Crippen molar-refractivity contribution in [3.05, 3.63) is 30.1 Å². The fourth-order valence-corrected chi connectivity index (χ4v) is 2.05. The molecule has 3 N–H and O–H groups in total. The Kier molecular flexibility index (Phi) is 6.81. The molecule has 0 aliphatic carbocycles. The summed E-state index contributed by atoms with van der Waals surface area (Å²) in [5.74, 6) is 2.03. The molecule has 0 saturated carbocycles. The number of rotatable bonds is 7. The summed E-state index contributed by atoms with van der Waals surface area (Å²) >= 11 is 0.